The van der Waals surface area contributed by atoms with E-state index in [4.69, 9.17) is 22.1 Å². The second-order valence-electron chi connectivity index (χ2n) is 6.49. The number of nitrogens with one attached hydrogen (secondary N) is 1. The van der Waals surface area contributed by atoms with Crippen LogP contribution in [0.1, 0.15) is 12.5 Å². The molecule has 0 saturated heterocycles. The second kappa shape index (κ2) is 8.76. The van der Waals surface area contributed by atoms with Crippen LogP contribution in [0.25, 0.3) is 16.6 Å². The molecule has 30 heavy (non-hydrogen) atoms. The molecule has 3 rings (SSSR count). The summed E-state index contributed by atoms with van der Waals surface area (Å²) < 4.78 is 6.83. The van der Waals surface area contributed by atoms with E-state index in [2.05, 4.69) is 4.98 Å². The van der Waals surface area contributed by atoms with E-state index in [1.807, 2.05) is 18.3 Å². The molecular formula is C20H19ClN4O4S. The van der Waals surface area contributed by atoms with Gasteiger partial charge in [0, 0.05) is 5.02 Å². The number of imide groups is 1. The van der Waals surface area contributed by atoms with Gasteiger partial charge in [0.15, 0.2) is 5.16 Å². The average molecular weight is 447 g/mol. The maximum absolute atomic E-state index is 13.4. The van der Waals surface area contributed by atoms with E-state index in [9.17, 15) is 14.4 Å². The minimum Gasteiger partial charge on any atom is -0.495 e. The quantitative estimate of drug-likeness (QED) is 0.459. The molecule has 0 aliphatic rings. The zero-order chi connectivity index (χ0) is 22.0. The van der Waals surface area contributed by atoms with Crippen LogP contribution in [0.5, 0.6) is 5.75 Å². The number of primary amides is 1. The molecule has 0 aliphatic heterocycles. The minimum absolute atomic E-state index is 0.241. The van der Waals surface area contributed by atoms with E-state index in [0.29, 0.717) is 27.4 Å². The van der Waals surface area contributed by atoms with Crippen molar-refractivity contribution in [2.24, 2.45) is 5.73 Å². The maximum atomic E-state index is 13.4. The predicted molar refractivity (Wildman–Crippen MR) is 117 cm³/mol. The van der Waals surface area contributed by atoms with E-state index < -0.39 is 17.2 Å². The van der Waals surface area contributed by atoms with E-state index in [0.717, 1.165) is 17.3 Å². The van der Waals surface area contributed by atoms with Gasteiger partial charge in [-0.2, -0.15) is 0 Å². The van der Waals surface area contributed by atoms with Crippen LogP contribution in [0.15, 0.2) is 46.3 Å². The van der Waals surface area contributed by atoms with Gasteiger partial charge >= 0.3 is 6.03 Å². The highest BCUT2D eigenvalue weighted by molar-refractivity contribution is 8.00. The molecule has 156 valence electrons. The highest BCUT2D eigenvalue weighted by Crippen LogP contribution is 2.30. The summed E-state index contributed by atoms with van der Waals surface area (Å²) in [6.07, 6.45) is 0. The number of methoxy groups -OCH3 is 1. The molecule has 0 radical (unpaired) electrons. The standard InChI is InChI=1S/C20H19ClN4O4S/c1-10-4-7-16(29-3)15(8-10)25-18(27)13-6-5-12(21)9-14(13)23-20(25)30-11(2)17(26)24-19(22)28/h4-9,11H,1-3H3,(H3,22,24,26,28)/t11-/m0/s1. The lowest BCUT2D eigenvalue weighted by atomic mass is 10.2. The summed E-state index contributed by atoms with van der Waals surface area (Å²) in [4.78, 5) is 41.2. The third-order valence-corrected chi connectivity index (χ3v) is 5.56. The molecule has 2 aromatic carbocycles. The molecule has 0 spiro atoms. The summed E-state index contributed by atoms with van der Waals surface area (Å²) in [5.41, 5.74) is 6.47. The average Bonchev–Trinajstić information content (AvgIpc) is 2.67. The lowest BCUT2D eigenvalue weighted by molar-refractivity contribution is -0.119. The number of nitrogens with zero attached hydrogens (tertiary/aromatic N) is 2. The molecule has 3 aromatic rings. The highest BCUT2D eigenvalue weighted by atomic mass is 35.5. The van der Waals surface area contributed by atoms with Crippen LogP contribution in [0.4, 0.5) is 4.79 Å². The monoisotopic (exact) mass is 446 g/mol. The van der Waals surface area contributed by atoms with Crippen molar-refractivity contribution in [1.82, 2.24) is 14.9 Å². The Morgan fingerprint density at radius 3 is 2.67 bits per heavy atom. The number of carbonyl (C=O) groups excluding carboxylic acids is 2. The topological polar surface area (TPSA) is 116 Å². The summed E-state index contributed by atoms with van der Waals surface area (Å²) in [6, 6.07) is 9.24. The number of aryl methyl sites for hydroxylation is 1. The Kier molecular flexibility index (Phi) is 6.33. The molecule has 1 aromatic heterocycles. The van der Waals surface area contributed by atoms with Gasteiger partial charge in [-0.25, -0.2) is 9.78 Å². The first kappa shape index (κ1) is 21.7. The smallest absolute Gasteiger partial charge is 0.318 e. The Balaban J connectivity index is 2.25. The number of thioether (sulfide) groups is 1. The van der Waals surface area contributed by atoms with Gasteiger partial charge in [-0.05, 0) is 49.7 Å². The number of amides is 3. The van der Waals surface area contributed by atoms with E-state index >= 15 is 0 Å². The van der Waals surface area contributed by atoms with Crippen LogP contribution in [0.3, 0.4) is 0 Å². The molecule has 0 fully saturated rings. The zero-order valence-corrected chi connectivity index (χ0v) is 18.0. The Morgan fingerprint density at radius 1 is 1.27 bits per heavy atom. The maximum Gasteiger partial charge on any atom is 0.318 e. The van der Waals surface area contributed by atoms with Gasteiger partial charge in [0.2, 0.25) is 5.91 Å². The predicted octanol–water partition coefficient (Wildman–Crippen LogP) is 3.03. The van der Waals surface area contributed by atoms with Crippen LogP contribution in [0, 0.1) is 6.92 Å². The minimum atomic E-state index is -0.955. The molecule has 0 bridgehead atoms. The number of halogens is 1. The van der Waals surface area contributed by atoms with Crippen LogP contribution >= 0.6 is 23.4 Å². The number of hydrogen-bond acceptors (Lipinski definition) is 6. The molecule has 0 saturated carbocycles. The molecule has 0 unspecified atom stereocenters. The van der Waals surface area contributed by atoms with Crippen molar-refractivity contribution in [3.63, 3.8) is 0 Å². The van der Waals surface area contributed by atoms with Gasteiger partial charge < -0.3 is 10.5 Å². The number of ether oxygens (including phenoxy) is 1. The number of carbonyl (C=O) groups is 2. The highest BCUT2D eigenvalue weighted by Gasteiger charge is 2.22. The van der Waals surface area contributed by atoms with E-state index in [1.54, 1.807) is 37.3 Å². The lowest BCUT2D eigenvalue weighted by Crippen LogP contribution is -2.39. The van der Waals surface area contributed by atoms with Crippen LogP contribution < -0.4 is 21.3 Å². The Morgan fingerprint density at radius 2 is 2.00 bits per heavy atom. The molecule has 1 atom stereocenters. The fourth-order valence-electron chi connectivity index (χ4n) is 2.84. The zero-order valence-electron chi connectivity index (χ0n) is 16.4. The third-order valence-electron chi connectivity index (χ3n) is 4.27. The number of nitrogens with two attached hydrogens (primary N) is 1. The number of benzene rings is 2. The Bertz CT molecular complexity index is 1210. The molecule has 8 nitrogen and oxygen atoms in total. The Labute approximate surface area is 181 Å². The van der Waals surface area contributed by atoms with Gasteiger partial charge in [0.05, 0.1) is 29.0 Å². The van der Waals surface area contributed by atoms with Crippen LogP contribution in [-0.4, -0.2) is 33.8 Å². The summed E-state index contributed by atoms with van der Waals surface area (Å²) >= 11 is 7.08. The first-order valence-electron chi connectivity index (χ1n) is 8.85. The molecule has 3 amide bonds. The second-order valence-corrected chi connectivity index (χ2v) is 8.23. The largest absolute Gasteiger partial charge is 0.495 e. The SMILES string of the molecule is COc1ccc(C)cc1-n1c(S[C@@H](C)C(=O)NC(N)=O)nc2cc(Cl)ccc2c1=O. The van der Waals surface area contributed by atoms with Crippen molar-refractivity contribution in [1.29, 1.82) is 0 Å². The van der Waals surface area contributed by atoms with Crippen LogP contribution in [-0.2, 0) is 4.79 Å². The summed E-state index contributed by atoms with van der Waals surface area (Å²) in [7, 11) is 1.50. The van der Waals surface area contributed by atoms with Crippen molar-refractivity contribution < 1.29 is 14.3 Å². The van der Waals surface area contributed by atoms with E-state index in [1.165, 1.54) is 11.7 Å². The summed E-state index contributed by atoms with van der Waals surface area (Å²) in [5.74, 6) is -0.135. The summed E-state index contributed by atoms with van der Waals surface area (Å²) in [6.45, 7) is 3.47. The number of urea groups is 1. The molecule has 3 N–H and O–H groups in total. The first-order valence-corrected chi connectivity index (χ1v) is 10.1. The lowest BCUT2D eigenvalue weighted by Gasteiger charge is -2.18. The van der Waals surface area contributed by atoms with Gasteiger partial charge in [0.25, 0.3) is 5.56 Å². The normalized spacial score (nSPS) is 11.9. The number of hydrogen-bond donors (Lipinski definition) is 2. The molecule has 1 heterocycles. The van der Waals surface area contributed by atoms with Gasteiger partial charge in [-0.3, -0.25) is 19.5 Å². The summed E-state index contributed by atoms with van der Waals surface area (Å²) in [5, 5.41) is 2.30. The van der Waals surface area contributed by atoms with Gasteiger partial charge in [0.1, 0.15) is 5.75 Å². The van der Waals surface area contributed by atoms with Crippen molar-refractivity contribution >= 4 is 46.2 Å². The van der Waals surface area contributed by atoms with Crippen molar-refractivity contribution in [2.75, 3.05) is 7.11 Å². The fourth-order valence-corrected chi connectivity index (χ4v) is 3.93. The van der Waals surface area contributed by atoms with Gasteiger partial charge in [-0.15, -0.1) is 0 Å². The third kappa shape index (κ3) is 4.42. The number of aromatic nitrogens is 2. The Hall–Kier alpha value is -3.04. The van der Waals surface area contributed by atoms with Gasteiger partial charge in [-0.1, -0.05) is 29.4 Å². The number of rotatable bonds is 5. The first-order chi connectivity index (χ1) is 14.2. The molecular weight excluding hydrogens is 428 g/mol. The van der Waals surface area contributed by atoms with E-state index in [-0.39, 0.29) is 10.7 Å². The van der Waals surface area contributed by atoms with Crippen molar-refractivity contribution in [3.05, 3.63) is 57.3 Å². The molecule has 10 heteroatoms. The van der Waals surface area contributed by atoms with Crippen LogP contribution in [0.2, 0.25) is 5.02 Å². The molecule has 0 aliphatic carbocycles. The fraction of sp³-hybridized carbons (Fsp3) is 0.200. The number of fused-ring (bicyclic) bond motifs is 1. The van der Waals surface area contributed by atoms with Crippen molar-refractivity contribution in [3.8, 4) is 11.4 Å². The van der Waals surface area contributed by atoms with Crippen molar-refractivity contribution in [2.45, 2.75) is 24.3 Å².